The molecular formula is C21H19N5O. The number of benzene rings is 2. The second-order valence-electron chi connectivity index (χ2n) is 6.36. The Kier molecular flexibility index (Phi) is 4.87. The summed E-state index contributed by atoms with van der Waals surface area (Å²) in [7, 11) is 0. The van der Waals surface area contributed by atoms with Gasteiger partial charge in [-0.3, -0.25) is 9.78 Å². The first kappa shape index (κ1) is 16.9. The molecule has 4 aromatic rings. The fourth-order valence-corrected chi connectivity index (χ4v) is 3.01. The molecule has 134 valence electrons. The van der Waals surface area contributed by atoms with Crippen LogP contribution in [-0.4, -0.2) is 25.7 Å². The summed E-state index contributed by atoms with van der Waals surface area (Å²) in [5.74, 6) is -0.0140. The zero-order chi connectivity index (χ0) is 18.5. The standard InChI is InChI=1S/C21H19N5O/c27-20(11-19-4-1-3-18-5-2-10-23-21(18)19)24-12-16-6-8-17(9-7-16)13-26-15-22-14-25-26/h1-10,14-15H,11-13H2,(H,24,27). The van der Waals surface area contributed by atoms with Gasteiger partial charge in [0.15, 0.2) is 0 Å². The highest BCUT2D eigenvalue weighted by atomic mass is 16.1. The predicted molar refractivity (Wildman–Crippen MR) is 103 cm³/mol. The molecule has 0 aliphatic carbocycles. The van der Waals surface area contributed by atoms with Crippen LogP contribution in [0, 0.1) is 0 Å². The lowest BCUT2D eigenvalue weighted by molar-refractivity contribution is -0.120. The number of aromatic nitrogens is 4. The summed E-state index contributed by atoms with van der Waals surface area (Å²) in [4.78, 5) is 20.7. The first-order valence-electron chi connectivity index (χ1n) is 8.77. The molecule has 2 aromatic carbocycles. The number of hydrogen-bond donors (Lipinski definition) is 1. The van der Waals surface area contributed by atoms with Gasteiger partial charge < -0.3 is 5.32 Å². The van der Waals surface area contributed by atoms with Crippen molar-refractivity contribution in [3.05, 3.63) is 90.1 Å². The van der Waals surface area contributed by atoms with Gasteiger partial charge in [0.2, 0.25) is 5.91 Å². The van der Waals surface area contributed by atoms with E-state index in [1.165, 1.54) is 6.33 Å². The molecule has 1 amide bonds. The number of pyridine rings is 1. The van der Waals surface area contributed by atoms with E-state index >= 15 is 0 Å². The number of nitrogens with one attached hydrogen (secondary N) is 1. The van der Waals surface area contributed by atoms with E-state index in [-0.39, 0.29) is 5.91 Å². The number of fused-ring (bicyclic) bond motifs is 1. The molecule has 4 rings (SSSR count). The first-order valence-corrected chi connectivity index (χ1v) is 8.77. The summed E-state index contributed by atoms with van der Waals surface area (Å²) < 4.78 is 1.77. The van der Waals surface area contributed by atoms with Crippen molar-refractivity contribution in [1.29, 1.82) is 0 Å². The van der Waals surface area contributed by atoms with E-state index in [4.69, 9.17) is 0 Å². The predicted octanol–water partition coefficient (Wildman–Crippen LogP) is 2.73. The highest BCUT2D eigenvalue weighted by Gasteiger charge is 2.08. The van der Waals surface area contributed by atoms with Gasteiger partial charge >= 0.3 is 0 Å². The molecule has 2 heterocycles. The van der Waals surface area contributed by atoms with Gasteiger partial charge in [0.25, 0.3) is 0 Å². The van der Waals surface area contributed by atoms with Crippen molar-refractivity contribution in [3.63, 3.8) is 0 Å². The van der Waals surface area contributed by atoms with Crippen LogP contribution < -0.4 is 5.32 Å². The minimum absolute atomic E-state index is 0.0140. The Labute approximate surface area is 156 Å². The fraction of sp³-hybridized carbons (Fsp3) is 0.143. The van der Waals surface area contributed by atoms with Crippen LogP contribution in [0.3, 0.4) is 0 Å². The van der Waals surface area contributed by atoms with Crippen LogP contribution in [0.25, 0.3) is 10.9 Å². The topological polar surface area (TPSA) is 72.7 Å². The van der Waals surface area contributed by atoms with E-state index in [1.807, 2.05) is 54.6 Å². The van der Waals surface area contributed by atoms with Crippen molar-refractivity contribution in [3.8, 4) is 0 Å². The van der Waals surface area contributed by atoms with Gasteiger partial charge in [-0.2, -0.15) is 5.10 Å². The maximum Gasteiger partial charge on any atom is 0.224 e. The molecule has 0 fully saturated rings. The summed E-state index contributed by atoms with van der Waals surface area (Å²) in [5, 5.41) is 8.13. The van der Waals surface area contributed by atoms with Gasteiger partial charge in [-0.05, 0) is 22.8 Å². The third-order valence-corrected chi connectivity index (χ3v) is 4.39. The number of carbonyl (C=O) groups excluding carboxylic acids is 1. The van der Waals surface area contributed by atoms with Crippen LogP contribution in [-0.2, 0) is 24.3 Å². The number of rotatable bonds is 6. The largest absolute Gasteiger partial charge is 0.352 e. The number of carbonyl (C=O) groups is 1. The van der Waals surface area contributed by atoms with Crippen LogP contribution in [0.4, 0.5) is 0 Å². The number of nitrogens with zero attached hydrogens (tertiary/aromatic N) is 4. The Hall–Kier alpha value is -3.54. The Balaban J connectivity index is 1.35. The smallest absolute Gasteiger partial charge is 0.224 e. The van der Waals surface area contributed by atoms with E-state index < -0.39 is 0 Å². The molecule has 0 bridgehead atoms. The van der Waals surface area contributed by atoms with Gasteiger partial charge in [0.05, 0.1) is 18.5 Å². The molecule has 1 N–H and O–H groups in total. The van der Waals surface area contributed by atoms with Gasteiger partial charge in [-0.25, -0.2) is 9.67 Å². The summed E-state index contributed by atoms with van der Waals surface area (Å²) in [6, 6.07) is 17.9. The van der Waals surface area contributed by atoms with Crippen LogP contribution in [0.2, 0.25) is 0 Å². The van der Waals surface area contributed by atoms with Crippen molar-refractivity contribution in [2.75, 3.05) is 0 Å². The summed E-state index contributed by atoms with van der Waals surface area (Å²) in [5.41, 5.74) is 4.01. The molecular weight excluding hydrogens is 338 g/mol. The van der Waals surface area contributed by atoms with Crippen molar-refractivity contribution < 1.29 is 4.79 Å². The molecule has 2 aromatic heterocycles. The third-order valence-electron chi connectivity index (χ3n) is 4.39. The summed E-state index contributed by atoms with van der Waals surface area (Å²) in [6.45, 7) is 1.18. The van der Waals surface area contributed by atoms with E-state index in [9.17, 15) is 4.79 Å². The second kappa shape index (κ2) is 7.78. The SMILES string of the molecule is O=C(Cc1cccc2cccnc12)NCc1ccc(Cn2cncn2)cc1. The van der Waals surface area contributed by atoms with E-state index in [2.05, 4.69) is 20.4 Å². The third kappa shape index (κ3) is 4.17. The maximum absolute atomic E-state index is 12.4. The zero-order valence-corrected chi connectivity index (χ0v) is 14.7. The molecule has 0 atom stereocenters. The molecule has 6 nitrogen and oxygen atoms in total. The first-order chi connectivity index (χ1) is 13.3. The van der Waals surface area contributed by atoms with Crippen molar-refractivity contribution in [2.45, 2.75) is 19.5 Å². The molecule has 0 spiro atoms. The lowest BCUT2D eigenvalue weighted by Gasteiger charge is -2.08. The van der Waals surface area contributed by atoms with E-state index in [0.717, 1.165) is 27.6 Å². The maximum atomic E-state index is 12.4. The molecule has 0 aliphatic rings. The minimum Gasteiger partial charge on any atom is -0.352 e. The van der Waals surface area contributed by atoms with Crippen molar-refractivity contribution >= 4 is 16.8 Å². The Morgan fingerprint density at radius 2 is 1.81 bits per heavy atom. The quantitative estimate of drug-likeness (QED) is 0.576. The molecule has 0 radical (unpaired) electrons. The Bertz CT molecular complexity index is 1040. The summed E-state index contributed by atoms with van der Waals surface area (Å²) in [6.07, 6.45) is 5.29. The molecule has 0 saturated carbocycles. The van der Waals surface area contributed by atoms with E-state index in [0.29, 0.717) is 19.5 Å². The average Bonchev–Trinajstić information content (AvgIpc) is 3.21. The minimum atomic E-state index is -0.0140. The van der Waals surface area contributed by atoms with Crippen LogP contribution in [0.15, 0.2) is 73.4 Å². The van der Waals surface area contributed by atoms with Crippen LogP contribution in [0.5, 0.6) is 0 Å². The van der Waals surface area contributed by atoms with Gasteiger partial charge in [-0.15, -0.1) is 0 Å². The van der Waals surface area contributed by atoms with Crippen LogP contribution in [0.1, 0.15) is 16.7 Å². The highest BCUT2D eigenvalue weighted by Crippen LogP contribution is 2.16. The average molecular weight is 357 g/mol. The second-order valence-corrected chi connectivity index (χ2v) is 6.36. The monoisotopic (exact) mass is 357 g/mol. The lowest BCUT2D eigenvalue weighted by Crippen LogP contribution is -2.24. The molecule has 0 unspecified atom stereocenters. The zero-order valence-electron chi connectivity index (χ0n) is 14.7. The highest BCUT2D eigenvalue weighted by molar-refractivity contribution is 5.87. The van der Waals surface area contributed by atoms with Gasteiger partial charge in [0.1, 0.15) is 12.7 Å². The van der Waals surface area contributed by atoms with Crippen LogP contribution >= 0.6 is 0 Å². The molecule has 6 heteroatoms. The van der Waals surface area contributed by atoms with Crippen molar-refractivity contribution in [2.24, 2.45) is 0 Å². The Morgan fingerprint density at radius 3 is 2.63 bits per heavy atom. The molecule has 0 aliphatic heterocycles. The fourth-order valence-electron chi connectivity index (χ4n) is 3.01. The van der Waals surface area contributed by atoms with E-state index in [1.54, 1.807) is 17.2 Å². The number of para-hydroxylation sites is 1. The van der Waals surface area contributed by atoms with Gasteiger partial charge in [-0.1, -0.05) is 48.5 Å². The lowest BCUT2D eigenvalue weighted by atomic mass is 10.1. The number of hydrogen-bond acceptors (Lipinski definition) is 4. The summed E-state index contributed by atoms with van der Waals surface area (Å²) >= 11 is 0. The van der Waals surface area contributed by atoms with Gasteiger partial charge in [0, 0.05) is 18.1 Å². The normalized spacial score (nSPS) is 10.8. The van der Waals surface area contributed by atoms with Crippen molar-refractivity contribution in [1.82, 2.24) is 25.1 Å². The molecule has 0 saturated heterocycles. The molecule has 27 heavy (non-hydrogen) atoms. The Morgan fingerprint density at radius 1 is 1.00 bits per heavy atom. The number of amides is 1.